The first kappa shape index (κ1) is 21.0. The number of hydrogen-bond acceptors (Lipinski definition) is 4. The lowest BCUT2D eigenvalue weighted by molar-refractivity contribution is -0.137. The molecule has 1 aromatic heterocycles. The topological polar surface area (TPSA) is 82.3 Å². The van der Waals surface area contributed by atoms with Crippen molar-refractivity contribution in [3.05, 3.63) is 68.5 Å². The number of ether oxygens (including phenoxy) is 1. The molecule has 0 fully saturated rings. The molecule has 10 heteroatoms. The first-order valence-corrected chi connectivity index (χ1v) is 8.12. The van der Waals surface area contributed by atoms with E-state index in [-0.39, 0.29) is 24.5 Å². The standard InChI is InChI=1S/C18H18F3N3O4/c1-23-11-12(16(26)24(2)17(23)27)3-8-15(25)22-9-10-28-14-6-4-13(5-7-14)18(19,20)21/h3-8,11H,9-10H2,1-2H3,(H,22,25)/b8-3+. The van der Waals surface area contributed by atoms with Crippen LogP contribution < -0.4 is 21.3 Å². The van der Waals surface area contributed by atoms with Crippen molar-refractivity contribution < 1.29 is 22.7 Å². The highest BCUT2D eigenvalue weighted by molar-refractivity contribution is 5.91. The zero-order valence-corrected chi connectivity index (χ0v) is 15.1. The first-order valence-electron chi connectivity index (χ1n) is 8.12. The summed E-state index contributed by atoms with van der Waals surface area (Å²) in [5.74, 6) is -0.251. The Hall–Kier alpha value is -3.30. The van der Waals surface area contributed by atoms with Crippen molar-refractivity contribution in [2.24, 2.45) is 14.1 Å². The summed E-state index contributed by atoms with van der Waals surface area (Å²) in [4.78, 5) is 35.3. The second-order valence-corrected chi connectivity index (χ2v) is 5.84. The van der Waals surface area contributed by atoms with Crippen LogP contribution in [0.25, 0.3) is 6.08 Å². The van der Waals surface area contributed by atoms with Crippen molar-refractivity contribution in [2.45, 2.75) is 6.18 Å². The van der Waals surface area contributed by atoms with Crippen LogP contribution in [0.15, 0.2) is 46.1 Å². The number of nitrogens with one attached hydrogen (secondary N) is 1. The Kier molecular flexibility index (Phi) is 6.45. The van der Waals surface area contributed by atoms with Gasteiger partial charge in [-0.25, -0.2) is 4.79 Å². The molecule has 0 aliphatic carbocycles. The summed E-state index contributed by atoms with van der Waals surface area (Å²) in [6.07, 6.45) is -0.666. The normalized spacial score (nSPS) is 11.6. The average molecular weight is 397 g/mol. The molecule has 1 heterocycles. The minimum Gasteiger partial charge on any atom is -0.492 e. The number of aromatic nitrogens is 2. The Morgan fingerprint density at radius 3 is 2.43 bits per heavy atom. The Morgan fingerprint density at radius 1 is 1.18 bits per heavy atom. The molecule has 28 heavy (non-hydrogen) atoms. The highest BCUT2D eigenvalue weighted by Gasteiger charge is 2.29. The van der Waals surface area contributed by atoms with Crippen molar-refractivity contribution in [2.75, 3.05) is 13.2 Å². The molecule has 150 valence electrons. The summed E-state index contributed by atoms with van der Waals surface area (Å²) in [5.41, 5.74) is -1.62. The van der Waals surface area contributed by atoms with Crippen molar-refractivity contribution in [1.82, 2.24) is 14.5 Å². The van der Waals surface area contributed by atoms with Crippen LogP contribution in [-0.4, -0.2) is 28.2 Å². The number of rotatable bonds is 6. The number of aryl methyl sites for hydroxylation is 1. The maximum absolute atomic E-state index is 12.5. The minimum absolute atomic E-state index is 0.0482. The first-order chi connectivity index (χ1) is 13.1. The number of halogens is 3. The van der Waals surface area contributed by atoms with Crippen LogP contribution in [-0.2, 0) is 25.1 Å². The number of alkyl halides is 3. The predicted octanol–water partition coefficient (Wildman–Crippen LogP) is 1.31. The van der Waals surface area contributed by atoms with E-state index in [0.29, 0.717) is 0 Å². The zero-order valence-electron chi connectivity index (χ0n) is 15.1. The molecule has 0 aliphatic rings. The molecule has 1 aromatic carbocycles. The van der Waals surface area contributed by atoms with E-state index in [9.17, 15) is 27.6 Å². The average Bonchev–Trinajstić information content (AvgIpc) is 2.65. The fraction of sp³-hybridized carbons (Fsp3) is 0.278. The largest absolute Gasteiger partial charge is 0.492 e. The van der Waals surface area contributed by atoms with Crippen LogP contribution in [0.4, 0.5) is 13.2 Å². The van der Waals surface area contributed by atoms with Gasteiger partial charge in [0.15, 0.2) is 0 Å². The molecule has 0 aliphatic heterocycles. The summed E-state index contributed by atoms with van der Waals surface area (Å²) in [6, 6.07) is 4.20. The third-order valence-electron chi connectivity index (χ3n) is 3.74. The quantitative estimate of drug-likeness (QED) is 0.589. The van der Waals surface area contributed by atoms with Crippen LogP contribution in [0.1, 0.15) is 11.1 Å². The molecule has 0 spiro atoms. The monoisotopic (exact) mass is 397 g/mol. The molecular formula is C18H18F3N3O4. The number of carbonyl (C=O) groups is 1. The van der Waals surface area contributed by atoms with E-state index >= 15 is 0 Å². The third kappa shape index (κ3) is 5.35. The maximum Gasteiger partial charge on any atom is 0.416 e. The van der Waals surface area contributed by atoms with Crippen LogP contribution in [0, 0.1) is 0 Å². The smallest absolute Gasteiger partial charge is 0.416 e. The second kappa shape index (κ2) is 8.59. The molecular weight excluding hydrogens is 379 g/mol. The van der Waals surface area contributed by atoms with Gasteiger partial charge in [0.1, 0.15) is 12.4 Å². The lowest BCUT2D eigenvalue weighted by atomic mass is 10.2. The maximum atomic E-state index is 12.5. The van der Waals surface area contributed by atoms with Gasteiger partial charge in [-0.05, 0) is 30.3 Å². The van der Waals surface area contributed by atoms with Crippen molar-refractivity contribution in [3.8, 4) is 5.75 Å². The molecule has 2 aromatic rings. The summed E-state index contributed by atoms with van der Waals surface area (Å²) >= 11 is 0. The van der Waals surface area contributed by atoms with Crippen molar-refractivity contribution in [1.29, 1.82) is 0 Å². The van der Waals surface area contributed by atoms with Gasteiger partial charge in [-0.1, -0.05) is 0 Å². The summed E-state index contributed by atoms with van der Waals surface area (Å²) < 4.78 is 44.8. The van der Waals surface area contributed by atoms with E-state index in [1.165, 1.54) is 43.1 Å². The third-order valence-corrected chi connectivity index (χ3v) is 3.74. The molecule has 7 nitrogen and oxygen atoms in total. The number of carbonyl (C=O) groups excluding carboxylic acids is 1. The lowest BCUT2D eigenvalue weighted by Crippen LogP contribution is -2.37. The van der Waals surface area contributed by atoms with E-state index in [4.69, 9.17) is 4.74 Å². The van der Waals surface area contributed by atoms with Crippen LogP contribution in [0.2, 0.25) is 0 Å². The molecule has 0 atom stereocenters. The van der Waals surface area contributed by atoms with Crippen LogP contribution in [0.3, 0.4) is 0 Å². The minimum atomic E-state index is -4.41. The Balaban J connectivity index is 1.84. The van der Waals surface area contributed by atoms with Crippen molar-refractivity contribution >= 4 is 12.0 Å². The number of benzene rings is 1. The highest BCUT2D eigenvalue weighted by atomic mass is 19.4. The van der Waals surface area contributed by atoms with E-state index in [1.807, 2.05) is 0 Å². The van der Waals surface area contributed by atoms with Gasteiger partial charge in [0, 0.05) is 26.4 Å². The van der Waals surface area contributed by atoms with Crippen molar-refractivity contribution in [3.63, 3.8) is 0 Å². The Bertz CT molecular complexity index is 989. The van der Waals surface area contributed by atoms with Gasteiger partial charge in [-0.3, -0.25) is 14.2 Å². The number of nitrogens with zero attached hydrogens (tertiary/aromatic N) is 2. The van der Waals surface area contributed by atoms with E-state index in [2.05, 4.69) is 5.32 Å². The predicted molar refractivity (Wildman–Crippen MR) is 95.9 cm³/mol. The molecule has 0 unspecified atom stereocenters. The van der Waals surface area contributed by atoms with Crippen LogP contribution >= 0.6 is 0 Å². The van der Waals surface area contributed by atoms with Gasteiger partial charge in [-0.15, -0.1) is 0 Å². The molecule has 0 saturated heterocycles. The molecule has 1 N–H and O–H groups in total. The Labute approximate surface area is 157 Å². The summed E-state index contributed by atoms with van der Waals surface area (Å²) in [7, 11) is 2.82. The fourth-order valence-corrected chi connectivity index (χ4v) is 2.26. The summed E-state index contributed by atoms with van der Waals surface area (Å²) in [6.45, 7) is 0.155. The summed E-state index contributed by atoms with van der Waals surface area (Å²) in [5, 5.41) is 2.51. The Morgan fingerprint density at radius 2 is 1.82 bits per heavy atom. The van der Waals surface area contributed by atoms with E-state index < -0.39 is 28.9 Å². The van der Waals surface area contributed by atoms with Gasteiger partial charge in [0.2, 0.25) is 5.91 Å². The number of hydrogen-bond donors (Lipinski definition) is 1. The molecule has 0 radical (unpaired) electrons. The number of amides is 1. The molecule has 0 saturated carbocycles. The van der Waals surface area contributed by atoms with Crippen LogP contribution in [0.5, 0.6) is 5.75 Å². The highest BCUT2D eigenvalue weighted by Crippen LogP contribution is 2.30. The zero-order chi connectivity index (χ0) is 20.9. The molecule has 1 amide bonds. The fourth-order valence-electron chi connectivity index (χ4n) is 2.26. The molecule has 0 bridgehead atoms. The SMILES string of the molecule is Cn1cc(/C=C/C(=O)NCCOc2ccc(C(F)(F)F)cc2)c(=O)n(C)c1=O. The second-order valence-electron chi connectivity index (χ2n) is 5.84. The van der Waals surface area contributed by atoms with Gasteiger partial charge < -0.3 is 14.6 Å². The van der Waals surface area contributed by atoms with Gasteiger partial charge in [0.25, 0.3) is 5.56 Å². The lowest BCUT2D eigenvalue weighted by Gasteiger charge is -2.09. The van der Waals surface area contributed by atoms with Gasteiger partial charge >= 0.3 is 11.9 Å². The molecule has 2 rings (SSSR count). The van der Waals surface area contributed by atoms with Gasteiger partial charge in [-0.2, -0.15) is 13.2 Å². The van der Waals surface area contributed by atoms with E-state index in [0.717, 1.165) is 22.8 Å². The van der Waals surface area contributed by atoms with E-state index in [1.54, 1.807) is 0 Å². The van der Waals surface area contributed by atoms with Gasteiger partial charge in [0.05, 0.1) is 17.7 Å².